The molecule has 0 saturated carbocycles. The van der Waals surface area contributed by atoms with E-state index in [1.54, 1.807) is 16.0 Å². The van der Waals surface area contributed by atoms with Crippen molar-refractivity contribution in [1.29, 1.82) is 0 Å². The van der Waals surface area contributed by atoms with Gasteiger partial charge in [0.05, 0.1) is 21.7 Å². The topological polar surface area (TPSA) is 85.6 Å². The summed E-state index contributed by atoms with van der Waals surface area (Å²) in [6, 6.07) is 15.5. The van der Waals surface area contributed by atoms with Crippen LogP contribution in [0.3, 0.4) is 0 Å². The van der Waals surface area contributed by atoms with Crippen LogP contribution in [0.15, 0.2) is 53.7 Å². The number of rotatable bonds is 5. The Hall–Kier alpha value is -2.78. The number of carbonyl (C=O) groups excluding carboxylic acids is 1. The second kappa shape index (κ2) is 7.22. The lowest BCUT2D eigenvalue weighted by Crippen LogP contribution is -2.07. The zero-order valence-electron chi connectivity index (χ0n) is 13.8. The number of fused-ring (bicyclic) bond motifs is 1. The summed E-state index contributed by atoms with van der Waals surface area (Å²) in [4.78, 5) is 15.9. The standard InChI is InChI=1S/C17H14N6OS2/c1-11(24)18-12-5-4-6-13(9-12)23-17(20-21-22-23)25-10-16-19-14-7-2-3-8-15(14)26-16/h2-9H,10H2,1H3,(H,18,24). The van der Waals surface area contributed by atoms with Gasteiger partial charge in [0.2, 0.25) is 11.1 Å². The molecule has 0 saturated heterocycles. The number of hydrogen-bond acceptors (Lipinski definition) is 7. The molecule has 2 aromatic carbocycles. The largest absolute Gasteiger partial charge is 0.326 e. The van der Waals surface area contributed by atoms with Gasteiger partial charge in [-0.25, -0.2) is 4.98 Å². The SMILES string of the molecule is CC(=O)Nc1cccc(-n2nnnc2SCc2nc3ccccc3s2)c1. The Morgan fingerprint density at radius 1 is 1.23 bits per heavy atom. The van der Waals surface area contributed by atoms with Crippen molar-refractivity contribution in [3.8, 4) is 5.69 Å². The lowest BCUT2D eigenvalue weighted by molar-refractivity contribution is -0.114. The maximum Gasteiger partial charge on any atom is 0.221 e. The van der Waals surface area contributed by atoms with Crippen molar-refractivity contribution in [3.63, 3.8) is 0 Å². The second-order valence-corrected chi connectivity index (χ2v) is 7.53. The van der Waals surface area contributed by atoms with Crippen molar-refractivity contribution in [2.24, 2.45) is 0 Å². The molecule has 2 aromatic heterocycles. The van der Waals surface area contributed by atoms with Gasteiger partial charge in [-0.05, 0) is 40.8 Å². The molecule has 9 heteroatoms. The van der Waals surface area contributed by atoms with Crippen molar-refractivity contribution in [3.05, 3.63) is 53.5 Å². The number of benzene rings is 2. The van der Waals surface area contributed by atoms with Crippen molar-refractivity contribution >= 4 is 44.9 Å². The highest BCUT2D eigenvalue weighted by molar-refractivity contribution is 7.98. The molecule has 0 bridgehead atoms. The van der Waals surface area contributed by atoms with Gasteiger partial charge in [-0.1, -0.05) is 30.0 Å². The van der Waals surface area contributed by atoms with E-state index in [1.165, 1.54) is 23.4 Å². The molecule has 0 aliphatic carbocycles. The Balaban J connectivity index is 1.54. The van der Waals surface area contributed by atoms with Crippen LogP contribution in [0.5, 0.6) is 0 Å². The van der Waals surface area contributed by atoms with Crippen LogP contribution in [0.2, 0.25) is 0 Å². The first-order valence-electron chi connectivity index (χ1n) is 7.83. The molecular formula is C17H14N6OS2. The summed E-state index contributed by atoms with van der Waals surface area (Å²) in [6.45, 7) is 1.48. The van der Waals surface area contributed by atoms with E-state index in [0.717, 1.165) is 16.2 Å². The highest BCUT2D eigenvalue weighted by Gasteiger charge is 2.12. The second-order valence-electron chi connectivity index (χ2n) is 5.47. The Bertz CT molecular complexity index is 1040. The van der Waals surface area contributed by atoms with Crippen molar-refractivity contribution in [2.75, 3.05) is 5.32 Å². The van der Waals surface area contributed by atoms with Gasteiger partial charge < -0.3 is 5.32 Å². The molecule has 4 aromatic rings. The minimum absolute atomic E-state index is 0.121. The number of amides is 1. The molecule has 2 heterocycles. The molecular weight excluding hydrogens is 368 g/mol. The van der Waals surface area contributed by atoms with E-state index in [4.69, 9.17) is 0 Å². The highest BCUT2D eigenvalue weighted by atomic mass is 32.2. The van der Waals surface area contributed by atoms with Crippen LogP contribution >= 0.6 is 23.1 Å². The van der Waals surface area contributed by atoms with E-state index < -0.39 is 0 Å². The molecule has 130 valence electrons. The minimum atomic E-state index is -0.121. The number of nitrogens with one attached hydrogen (secondary N) is 1. The number of tetrazole rings is 1. The fourth-order valence-electron chi connectivity index (χ4n) is 2.46. The predicted molar refractivity (Wildman–Crippen MR) is 103 cm³/mol. The van der Waals surface area contributed by atoms with Gasteiger partial charge in [-0.3, -0.25) is 4.79 Å². The predicted octanol–water partition coefficient (Wildman–Crippen LogP) is 3.52. The summed E-state index contributed by atoms with van der Waals surface area (Å²) in [5.41, 5.74) is 2.50. The van der Waals surface area contributed by atoms with Gasteiger partial charge in [-0.2, -0.15) is 4.68 Å². The van der Waals surface area contributed by atoms with Gasteiger partial charge in [0.15, 0.2) is 0 Å². The van der Waals surface area contributed by atoms with Gasteiger partial charge in [0.1, 0.15) is 5.01 Å². The highest BCUT2D eigenvalue weighted by Crippen LogP contribution is 2.28. The first-order valence-corrected chi connectivity index (χ1v) is 9.63. The van der Waals surface area contributed by atoms with Crippen molar-refractivity contribution in [2.45, 2.75) is 17.8 Å². The van der Waals surface area contributed by atoms with E-state index in [1.807, 2.05) is 42.5 Å². The number of thioether (sulfide) groups is 1. The zero-order chi connectivity index (χ0) is 17.9. The molecule has 7 nitrogen and oxygen atoms in total. The van der Waals surface area contributed by atoms with Gasteiger partial charge >= 0.3 is 0 Å². The minimum Gasteiger partial charge on any atom is -0.326 e. The van der Waals surface area contributed by atoms with E-state index in [2.05, 4.69) is 31.9 Å². The number of para-hydroxylation sites is 1. The average molecular weight is 382 g/mol. The fourth-order valence-corrected chi connectivity index (χ4v) is 4.31. The lowest BCUT2D eigenvalue weighted by Gasteiger charge is -2.06. The quantitative estimate of drug-likeness (QED) is 0.532. The van der Waals surface area contributed by atoms with Crippen LogP contribution < -0.4 is 5.32 Å². The van der Waals surface area contributed by atoms with Gasteiger partial charge in [0, 0.05) is 12.6 Å². The summed E-state index contributed by atoms with van der Waals surface area (Å²) in [6.07, 6.45) is 0. The number of hydrogen-bond donors (Lipinski definition) is 1. The Morgan fingerprint density at radius 2 is 2.12 bits per heavy atom. The molecule has 0 aliphatic heterocycles. The number of nitrogens with zero attached hydrogens (tertiary/aromatic N) is 5. The maximum absolute atomic E-state index is 11.2. The molecule has 0 atom stereocenters. The van der Waals surface area contributed by atoms with Crippen LogP contribution in [0, 0.1) is 0 Å². The fraction of sp³-hybridized carbons (Fsp3) is 0.118. The third-order valence-corrected chi connectivity index (χ3v) is 5.66. The van der Waals surface area contributed by atoms with Crippen LogP contribution in [0.1, 0.15) is 11.9 Å². The number of thiazole rings is 1. The third kappa shape index (κ3) is 3.58. The molecule has 0 fully saturated rings. The molecule has 0 unspecified atom stereocenters. The number of carbonyl (C=O) groups is 1. The van der Waals surface area contributed by atoms with Crippen LogP contribution in [0.4, 0.5) is 5.69 Å². The summed E-state index contributed by atoms with van der Waals surface area (Å²) >= 11 is 3.20. The van der Waals surface area contributed by atoms with Crippen molar-refractivity contribution in [1.82, 2.24) is 25.2 Å². The monoisotopic (exact) mass is 382 g/mol. The molecule has 4 rings (SSSR count). The average Bonchev–Trinajstić information content (AvgIpc) is 3.26. The van der Waals surface area contributed by atoms with Gasteiger partial charge in [0.25, 0.3) is 0 Å². The summed E-state index contributed by atoms with van der Waals surface area (Å²) in [7, 11) is 0. The van der Waals surface area contributed by atoms with E-state index >= 15 is 0 Å². The van der Waals surface area contributed by atoms with E-state index in [-0.39, 0.29) is 5.91 Å². The first kappa shape index (κ1) is 16.7. The maximum atomic E-state index is 11.2. The van der Waals surface area contributed by atoms with Gasteiger partial charge in [-0.15, -0.1) is 16.4 Å². The molecule has 1 amide bonds. The van der Waals surface area contributed by atoms with Crippen LogP contribution in [-0.2, 0) is 10.5 Å². The first-order chi connectivity index (χ1) is 12.7. The number of aromatic nitrogens is 5. The summed E-state index contributed by atoms with van der Waals surface area (Å²) in [5, 5.41) is 16.4. The Labute approximate surface area is 157 Å². The van der Waals surface area contributed by atoms with Crippen molar-refractivity contribution < 1.29 is 4.79 Å². The Kier molecular flexibility index (Phi) is 4.63. The third-order valence-electron chi connectivity index (χ3n) is 3.51. The number of anilines is 1. The summed E-state index contributed by atoms with van der Waals surface area (Å²) < 4.78 is 2.83. The van der Waals surface area contributed by atoms with E-state index in [0.29, 0.717) is 16.6 Å². The molecule has 1 N–H and O–H groups in total. The smallest absolute Gasteiger partial charge is 0.221 e. The molecule has 26 heavy (non-hydrogen) atoms. The van der Waals surface area contributed by atoms with Crippen LogP contribution in [0.25, 0.3) is 15.9 Å². The Morgan fingerprint density at radius 3 is 2.96 bits per heavy atom. The molecule has 0 radical (unpaired) electrons. The van der Waals surface area contributed by atoms with E-state index in [9.17, 15) is 4.79 Å². The normalized spacial score (nSPS) is 11.0. The molecule has 0 spiro atoms. The summed E-state index contributed by atoms with van der Waals surface area (Å²) in [5.74, 6) is 0.565. The lowest BCUT2D eigenvalue weighted by atomic mass is 10.3. The van der Waals surface area contributed by atoms with Crippen LogP contribution in [-0.4, -0.2) is 31.1 Å². The zero-order valence-corrected chi connectivity index (χ0v) is 15.4. The molecule has 0 aliphatic rings.